The normalized spacial score (nSPS) is 14.3. The first kappa shape index (κ1) is 18.8. The first-order valence-corrected chi connectivity index (χ1v) is 9.92. The van der Waals surface area contributed by atoms with Crippen LogP contribution in [0.1, 0.15) is 6.92 Å². The van der Waals surface area contributed by atoms with Crippen molar-refractivity contribution < 1.29 is 9.32 Å². The van der Waals surface area contributed by atoms with Crippen LogP contribution in [0.3, 0.4) is 0 Å². The molecular formula is C17H21N7O2S. The average molecular weight is 387 g/mol. The molecule has 2 atom stereocenters. The molecule has 0 aliphatic carbocycles. The van der Waals surface area contributed by atoms with Gasteiger partial charge in [-0.05, 0) is 43.1 Å². The van der Waals surface area contributed by atoms with E-state index in [1.54, 1.807) is 36.7 Å². The summed E-state index contributed by atoms with van der Waals surface area (Å²) in [4.78, 5) is 9.29. The maximum atomic E-state index is 11.8. The van der Waals surface area contributed by atoms with Gasteiger partial charge in [-0.3, -0.25) is 10.2 Å². The predicted molar refractivity (Wildman–Crippen MR) is 107 cm³/mol. The number of hydrogen-bond donors (Lipinski definition) is 5. The summed E-state index contributed by atoms with van der Waals surface area (Å²) in [6, 6.07) is 8.35. The summed E-state index contributed by atoms with van der Waals surface area (Å²) in [5.74, 6) is 4.38. The van der Waals surface area contributed by atoms with Crippen LogP contribution < -0.4 is 15.8 Å². The molecule has 6 N–H and O–H groups in total. The number of nitrogens with one attached hydrogen (secondary N) is 3. The minimum absolute atomic E-state index is 0.0416. The number of H-pyrrole nitrogens is 1. The van der Waals surface area contributed by atoms with E-state index in [2.05, 4.69) is 36.7 Å². The molecule has 0 saturated heterocycles. The third-order valence-electron chi connectivity index (χ3n) is 3.75. The van der Waals surface area contributed by atoms with Gasteiger partial charge in [-0.15, -0.1) is 0 Å². The largest absolute Gasteiger partial charge is 0.394 e. The first-order valence-electron chi connectivity index (χ1n) is 8.13. The fraction of sp³-hybridized carbons (Fsp3) is 0.176. The molecule has 0 spiro atoms. The lowest BCUT2D eigenvalue weighted by Gasteiger charge is -2.16. The molecule has 1 unspecified atom stereocenters. The van der Waals surface area contributed by atoms with Crippen LogP contribution in [0.2, 0.25) is 0 Å². The Labute approximate surface area is 157 Å². The van der Waals surface area contributed by atoms with Gasteiger partial charge in [0.1, 0.15) is 5.82 Å². The Bertz CT molecular complexity index is 1000. The Hall–Kier alpha value is -2.95. The van der Waals surface area contributed by atoms with Gasteiger partial charge in [0.05, 0.1) is 27.6 Å². The highest BCUT2D eigenvalue weighted by Crippen LogP contribution is 2.26. The molecule has 1 aromatic carbocycles. The number of rotatable bonds is 7. The number of benzene rings is 1. The van der Waals surface area contributed by atoms with Gasteiger partial charge in [0, 0.05) is 29.0 Å². The van der Waals surface area contributed by atoms with Crippen molar-refractivity contribution in [1.29, 1.82) is 0 Å². The van der Waals surface area contributed by atoms with Crippen molar-refractivity contribution in [2.75, 3.05) is 17.2 Å². The van der Waals surface area contributed by atoms with Crippen molar-refractivity contribution >= 4 is 33.0 Å². The molecule has 0 fully saturated rings. The molecule has 0 aliphatic rings. The first-order chi connectivity index (χ1) is 12.9. The Balaban J connectivity index is 1.88. The maximum absolute atomic E-state index is 11.8. The van der Waals surface area contributed by atoms with E-state index in [-0.39, 0.29) is 12.6 Å². The fourth-order valence-electron chi connectivity index (χ4n) is 2.33. The summed E-state index contributed by atoms with van der Waals surface area (Å²) in [6.07, 6.45) is 3.30. The van der Waals surface area contributed by atoms with E-state index in [1.807, 2.05) is 13.0 Å². The van der Waals surface area contributed by atoms with Crippen molar-refractivity contribution in [3.05, 3.63) is 42.7 Å². The highest BCUT2D eigenvalue weighted by molar-refractivity contribution is 7.98. The Kier molecular flexibility index (Phi) is 5.40. The smallest absolute Gasteiger partial charge is 0.229 e. The standard InChI is InChI=1S/C17H21N7O2S/c1-11(10-25)21-16-14(15-7-8-20-24-15)9-19-17(23-16)22-12-3-5-13(6-4-12)27(2,18)26/h3-9,11,25H,2,10H2,1H3,(H2,18,26)(H,20,24)(H2,19,21,22,23)/t11-,27?/m1/s1. The highest BCUT2D eigenvalue weighted by atomic mass is 32.2. The molecule has 0 aliphatic heterocycles. The number of hydrogen-bond acceptors (Lipinski definition) is 7. The number of aromatic nitrogens is 4. The van der Waals surface area contributed by atoms with E-state index >= 15 is 0 Å². The quantitative estimate of drug-likeness (QED) is 0.385. The van der Waals surface area contributed by atoms with Crippen LogP contribution in [0.5, 0.6) is 0 Å². The molecule has 2 heterocycles. The summed E-state index contributed by atoms with van der Waals surface area (Å²) in [7, 11) is -2.75. The van der Waals surface area contributed by atoms with Crippen LogP contribution in [0.15, 0.2) is 47.6 Å². The van der Waals surface area contributed by atoms with Crippen molar-refractivity contribution in [2.24, 2.45) is 5.14 Å². The van der Waals surface area contributed by atoms with Crippen LogP contribution in [0.4, 0.5) is 17.5 Å². The molecule has 0 amide bonds. The van der Waals surface area contributed by atoms with Gasteiger partial charge in [-0.1, -0.05) is 0 Å². The highest BCUT2D eigenvalue weighted by Gasteiger charge is 2.13. The van der Waals surface area contributed by atoms with Crippen LogP contribution in [0, 0.1) is 0 Å². The zero-order chi connectivity index (χ0) is 19.4. The molecule has 3 aromatic rings. The van der Waals surface area contributed by atoms with Crippen LogP contribution in [0.25, 0.3) is 11.3 Å². The van der Waals surface area contributed by atoms with Crippen LogP contribution >= 0.6 is 0 Å². The molecule has 142 valence electrons. The number of anilines is 3. The lowest BCUT2D eigenvalue weighted by atomic mass is 10.2. The Morgan fingerprint density at radius 2 is 2.07 bits per heavy atom. The summed E-state index contributed by atoms with van der Waals surface area (Å²) >= 11 is 0. The van der Waals surface area contributed by atoms with Crippen molar-refractivity contribution in [3.63, 3.8) is 0 Å². The van der Waals surface area contributed by atoms with Gasteiger partial charge < -0.3 is 15.7 Å². The predicted octanol–water partition coefficient (Wildman–Crippen LogP) is 1.35. The molecule has 0 saturated carbocycles. The van der Waals surface area contributed by atoms with Gasteiger partial charge in [0.2, 0.25) is 5.95 Å². The second kappa shape index (κ2) is 7.74. The van der Waals surface area contributed by atoms with Crippen molar-refractivity contribution in [1.82, 2.24) is 20.2 Å². The minimum Gasteiger partial charge on any atom is -0.394 e. The van der Waals surface area contributed by atoms with E-state index < -0.39 is 9.71 Å². The van der Waals surface area contributed by atoms with Crippen molar-refractivity contribution in [3.8, 4) is 11.3 Å². The Morgan fingerprint density at radius 3 is 2.67 bits per heavy atom. The Morgan fingerprint density at radius 1 is 1.33 bits per heavy atom. The van der Waals surface area contributed by atoms with Gasteiger partial charge >= 0.3 is 0 Å². The molecule has 0 radical (unpaired) electrons. The lowest BCUT2D eigenvalue weighted by molar-refractivity contribution is 0.281. The average Bonchev–Trinajstić information content (AvgIpc) is 3.16. The minimum atomic E-state index is -2.75. The number of aromatic amines is 1. The second-order valence-corrected chi connectivity index (χ2v) is 7.95. The molecule has 9 nitrogen and oxygen atoms in total. The van der Waals surface area contributed by atoms with Crippen LogP contribution in [-0.2, 0) is 9.71 Å². The molecule has 27 heavy (non-hydrogen) atoms. The van der Waals surface area contributed by atoms with E-state index in [0.29, 0.717) is 22.3 Å². The second-order valence-electron chi connectivity index (χ2n) is 6.03. The molecule has 0 bridgehead atoms. The van der Waals surface area contributed by atoms with E-state index in [4.69, 9.17) is 5.14 Å². The van der Waals surface area contributed by atoms with Crippen molar-refractivity contribution in [2.45, 2.75) is 17.9 Å². The number of nitrogens with two attached hydrogens (primary N) is 1. The zero-order valence-electron chi connectivity index (χ0n) is 14.7. The van der Waals surface area contributed by atoms with Gasteiger partial charge in [0.15, 0.2) is 0 Å². The summed E-state index contributed by atoms with van der Waals surface area (Å²) in [5, 5.41) is 27.9. The lowest BCUT2D eigenvalue weighted by Crippen LogP contribution is -2.21. The SMILES string of the molecule is C=S(N)(=O)c1ccc(Nc2ncc(-c3ccn[nH]3)c(N[C@H](C)CO)n2)cc1. The summed E-state index contributed by atoms with van der Waals surface area (Å²) < 4.78 is 11.8. The maximum Gasteiger partial charge on any atom is 0.229 e. The topological polar surface area (TPSA) is 142 Å². The van der Waals surface area contributed by atoms with Gasteiger partial charge in [0.25, 0.3) is 0 Å². The van der Waals surface area contributed by atoms with E-state index in [1.165, 1.54) is 0 Å². The van der Waals surface area contributed by atoms with Crippen LogP contribution in [-0.4, -0.2) is 48.0 Å². The molecular weight excluding hydrogens is 366 g/mol. The monoisotopic (exact) mass is 387 g/mol. The zero-order valence-corrected chi connectivity index (χ0v) is 15.5. The fourth-order valence-corrected chi connectivity index (χ4v) is 2.93. The third kappa shape index (κ3) is 4.61. The number of aliphatic hydroxyl groups is 1. The molecule has 3 rings (SSSR count). The summed E-state index contributed by atoms with van der Waals surface area (Å²) in [5.41, 5.74) is 2.19. The summed E-state index contributed by atoms with van der Waals surface area (Å²) in [6.45, 7) is 1.80. The van der Waals surface area contributed by atoms with E-state index in [9.17, 15) is 9.32 Å². The molecule has 2 aromatic heterocycles. The van der Waals surface area contributed by atoms with E-state index in [0.717, 1.165) is 11.3 Å². The number of aliphatic hydroxyl groups excluding tert-OH is 1. The third-order valence-corrected chi connectivity index (χ3v) is 4.82. The molecule has 10 heteroatoms. The van der Waals surface area contributed by atoms with Gasteiger partial charge in [-0.2, -0.15) is 10.1 Å². The number of nitrogens with zero attached hydrogens (tertiary/aromatic N) is 3. The van der Waals surface area contributed by atoms with Gasteiger partial charge in [-0.25, -0.2) is 9.19 Å².